The normalized spacial score (nSPS) is 8.57. The van der Waals surface area contributed by atoms with Crippen molar-refractivity contribution in [3.05, 3.63) is 0 Å². The molecule has 0 rings (SSSR count). The van der Waals surface area contributed by atoms with Crippen molar-refractivity contribution in [2.75, 3.05) is 0 Å². The van der Waals surface area contributed by atoms with E-state index in [4.69, 9.17) is 19.2 Å². The fourth-order valence-corrected chi connectivity index (χ4v) is 0. The fourth-order valence-electron chi connectivity index (χ4n) is 0. The van der Waals surface area contributed by atoms with Gasteiger partial charge in [0.25, 0.3) is 0 Å². The number of rotatable bonds is 0. The van der Waals surface area contributed by atoms with Gasteiger partial charge in [-0.1, -0.05) is 0 Å². The Hall–Kier alpha value is 1.67. The maximum absolute atomic E-state index is 7.33. The van der Waals surface area contributed by atoms with Crippen molar-refractivity contribution in [3.63, 3.8) is 0 Å². The minimum atomic E-state index is -4.61. The molecular formula is H8CaO4SSi. The summed E-state index contributed by atoms with van der Waals surface area (Å²) >= 11 is 0. The molecule has 0 fully saturated rings. The van der Waals surface area contributed by atoms with E-state index in [9.17, 15) is 0 Å². The Labute approximate surface area is 78.7 Å². The van der Waals surface area contributed by atoms with Crippen molar-refractivity contribution in [1.82, 2.24) is 0 Å². The van der Waals surface area contributed by atoms with Gasteiger partial charge in [0.1, 0.15) is 0 Å². The zero-order chi connectivity index (χ0) is 4.50. The molecule has 0 bridgehead atoms. The maximum atomic E-state index is 7.33. The van der Waals surface area contributed by atoms with Crippen LogP contribution in [0.25, 0.3) is 0 Å². The van der Waals surface area contributed by atoms with Gasteiger partial charge < -0.3 is 19.2 Å². The van der Waals surface area contributed by atoms with Gasteiger partial charge in [-0.15, -0.1) is 0 Å². The summed E-state index contributed by atoms with van der Waals surface area (Å²) in [7, 11) is -4.61. The van der Waals surface area contributed by atoms with E-state index < -0.39 is 9.05 Å². The molecule has 0 atom stereocenters. The van der Waals surface area contributed by atoms with Gasteiger partial charge in [0.2, 0.25) is 0 Å². The molecule has 0 amide bonds. The van der Waals surface area contributed by atoms with E-state index in [1.165, 1.54) is 0 Å². The van der Waals surface area contributed by atoms with Crippen LogP contribution < -0.4 is 0 Å². The molecule has 0 heterocycles. The topological polar surface area (TPSA) is 80.9 Å². The van der Waals surface area contributed by atoms with Crippen LogP contribution >= 0.6 is 13.5 Å². The second-order valence-electron chi connectivity index (χ2n) is 0.600. The second-order valence-corrected chi connectivity index (χ2v) is 1.80. The first-order valence-electron chi connectivity index (χ1n) is 0.894. The van der Waals surface area contributed by atoms with E-state index in [0.717, 1.165) is 0 Å². The minimum absolute atomic E-state index is 0. The summed E-state index contributed by atoms with van der Waals surface area (Å²) in [6.07, 6.45) is 0. The molecule has 0 aliphatic heterocycles. The van der Waals surface area contributed by atoms with Gasteiger partial charge in [0, 0.05) is 0 Å². The van der Waals surface area contributed by atoms with Crippen molar-refractivity contribution in [2.24, 2.45) is 0 Å². The molecule has 0 unspecified atom stereocenters. The van der Waals surface area contributed by atoms with Crippen LogP contribution in [0.3, 0.4) is 0 Å². The van der Waals surface area contributed by atoms with Crippen LogP contribution in [0.5, 0.6) is 0 Å². The van der Waals surface area contributed by atoms with Gasteiger partial charge in [0.15, 0.2) is 0 Å². The Morgan fingerprint density at radius 1 is 0.857 bits per heavy atom. The number of hydrogen-bond acceptors (Lipinski definition) is 4. The zero-order valence-electron chi connectivity index (χ0n) is 2.79. The third-order valence-electron chi connectivity index (χ3n) is 0. The molecule has 0 aliphatic rings. The van der Waals surface area contributed by atoms with Gasteiger partial charge in [-0.25, -0.2) is 0 Å². The third-order valence-corrected chi connectivity index (χ3v) is 0. The van der Waals surface area contributed by atoms with Gasteiger partial charge >= 0.3 is 46.8 Å². The standard InChI is InChI=1S/Ca.H4O4Si.H2S.2H/c;1-5(2,3)4;;;/h;1-4H;1H2;;. The number of hydrogen-bond donors (Lipinski definition) is 4. The summed E-state index contributed by atoms with van der Waals surface area (Å²) in [5, 5.41) is 0. The van der Waals surface area contributed by atoms with Crippen LogP contribution in [0.15, 0.2) is 0 Å². The average Bonchev–Trinajstić information content (AvgIpc) is 0.722. The molecule has 0 spiro atoms. The molecular weight excluding hydrogens is 164 g/mol. The molecule has 0 aromatic heterocycles. The summed E-state index contributed by atoms with van der Waals surface area (Å²) in [6.45, 7) is 0. The summed E-state index contributed by atoms with van der Waals surface area (Å²) in [5.74, 6) is 0. The molecule has 4 N–H and O–H groups in total. The van der Waals surface area contributed by atoms with E-state index in [2.05, 4.69) is 0 Å². The first kappa shape index (κ1) is 15.9. The van der Waals surface area contributed by atoms with Crippen LogP contribution in [0.4, 0.5) is 0 Å². The third kappa shape index (κ3) is 88.6. The van der Waals surface area contributed by atoms with Gasteiger partial charge in [0.05, 0.1) is 0 Å². The van der Waals surface area contributed by atoms with Crippen LogP contribution in [0.2, 0.25) is 0 Å². The molecule has 0 radical (unpaired) electrons. The molecule has 0 saturated carbocycles. The van der Waals surface area contributed by atoms with Crippen LogP contribution in [-0.4, -0.2) is 66.0 Å². The van der Waals surface area contributed by atoms with Crippen LogP contribution in [-0.2, 0) is 0 Å². The molecule has 0 aromatic carbocycles. The van der Waals surface area contributed by atoms with Crippen molar-refractivity contribution < 1.29 is 19.2 Å². The van der Waals surface area contributed by atoms with E-state index >= 15 is 0 Å². The fraction of sp³-hybridized carbons (Fsp3) is 0. The summed E-state index contributed by atoms with van der Waals surface area (Å²) in [6, 6.07) is 0. The summed E-state index contributed by atoms with van der Waals surface area (Å²) < 4.78 is 0. The Morgan fingerprint density at radius 3 is 0.857 bits per heavy atom. The first-order chi connectivity index (χ1) is 2.00. The Bertz CT molecular complexity index is 27.2. The van der Waals surface area contributed by atoms with Crippen molar-refractivity contribution in [3.8, 4) is 0 Å². The quantitative estimate of drug-likeness (QED) is 0.287. The molecule has 0 saturated heterocycles. The molecule has 0 aliphatic carbocycles. The molecule has 7 heteroatoms. The molecule has 7 heavy (non-hydrogen) atoms. The van der Waals surface area contributed by atoms with Crippen molar-refractivity contribution in [1.29, 1.82) is 0 Å². The summed E-state index contributed by atoms with van der Waals surface area (Å²) in [4.78, 5) is 29.3. The second kappa shape index (κ2) is 5.80. The monoisotopic (exact) mass is 172 g/mol. The van der Waals surface area contributed by atoms with Crippen molar-refractivity contribution in [2.45, 2.75) is 0 Å². The summed E-state index contributed by atoms with van der Waals surface area (Å²) in [5.41, 5.74) is 0. The Balaban J connectivity index is -0.0000000800. The van der Waals surface area contributed by atoms with Gasteiger partial charge in [-0.3, -0.25) is 0 Å². The Kier molecular flexibility index (Phi) is 13.1. The molecule has 4 nitrogen and oxygen atoms in total. The first-order valence-corrected chi connectivity index (χ1v) is 2.68. The molecule has 0 aromatic rings. The van der Waals surface area contributed by atoms with Gasteiger partial charge in [-0.05, 0) is 0 Å². The predicted molar refractivity (Wildman–Crippen MR) is 33.6 cm³/mol. The Morgan fingerprint density at radius 2 is 0.857 bits per heavy atom. The SMILES string of the molecule is O[Si](O)(O)O.S.[CaH2]. The van der Waals surface area contributed by atoms with E-state index in [-0.39, 0.29) is 51.2 Å². The predicted octanol–water partition coefficient (Wildman–Crippen LogP) is -3.41. The van der Waals surface area contributed by atoms with E-state index in [1.807, 2.05) is 0 Å². The van der Waals surface area contributed by atoms with Crippen molar-refractivity contribution >= 4 is 60.3 Å². The molecule has 44 valence electrons. The van der Waals surface area contributed by atoms with E-state index in [1.54, 1.807) is 0 Å². The van der Waals surface area contributed by atoms with Gasteiger partial charge in [-0.2, -0.15) is 13.5 Å². The van der Waals surface area contributed by atoms with Crippen LogP contribution in [0.1, 0.15) is 0 Å². The average molecular weight is 172 g/mol. The van der Waals surface area contributed by atoms with E-state index in [0.29, 0.717) is 0 Å². The zero-order valence-corrected chi connectivity index (χ0v) is 4.79. The van der Waals surface area contributed by atoms with Crippen LogP contribution in [0, 0.1) is 0 Å².